The van der Waals surface area contributed by atoms with Gasteiger partial charge in [0.2, 0.25) is 0 Å². The molecule has 2 aliphatic carbocycles. The molecule has 1 aromatic rings. The quantitative estimate of drug-likeness (QED) is 0.806. The van der Waals surface area contributed by atoms with Crippen molar-refractivity contribution in [1.29, 1.82) is 0 Å². The van der Waals surface area contributed by atoms with Crippen molar-refractivity contribution in [3.8, 4) is 0 Å². The Morgan fingerprint density at radius 1 is 1.19 bits per heavy atom. The molecule has 1 aromatic carbocycles. The van der Waals surface area contributed by atoms with Crippen molar-refractivity contribution in [2.45, 2.75) is 56.4 Å². The summed E-state index contributed by atoms with van der Waals surface area (Å²) in [5, 5.41) is 3.90. The molecule has 0 aromatic heterocycles. The number of nitrogens with one attached hydrogen (secondary N) is 1. The van der Waals surface area contributed by atoms with Crippen molar-refractivity contribution in [2.75, 3.05) is 26.9 Å². The largest absolute Gasteiger partial charge is 0.384 e. The lowest BCUT2D eigenvalue weighted by Gasteiger charge is -2.35. The number of benzene rings is 1. The van der Waals surface area contributed by atoms with Crippen LogP contribution in [-0.2, 0) is 14.2 Å². The highest BCUT2D eigenvalue weighted by atomic mass is 16.7. The van der Waals surface area contributed by atoms with Gasteiger partial charge in [0.15, 0.2) is 5.79 Å². The monoisotopic (exact) mass is 357 g/mol. The lowest BCUT2D eigenvalue weighted by atomic mass is 9.90. The average molecular weight is 357 g/mol. The van der Waals surface area contributed by atoms with E-state index < -0.39 is 0 Å². The van der Waals surface area contributed by atoms with Gasteiger partial charge in [-0.2, -0.15) is 0 Å². The second-order valence-electron chi connectivity index (χ2n) is 7.87. The van der Waals surface area contributed by atoms with Crippen LogP contribution in [0.25, 0.3) is 6.08 Å². The fraction of sp³-hybridized carbons (Fsp3) is 0.636. The Morgan fingerprint density at radius 2 is 1.92 bits per heavy atom. The molecule has 2 atom stereocenters. The summed E-state index contributed by atoms with van der Waals surface area (Å²) in [6, 6.07) is 11.9. The van der Waals surface area contributed by atoms with Gasteiger partial charge in [0.25, 0.3) is 0 Å². The molecule has 3 aliphatic rings. The van der Waals surface area contributed by atoms with E-state index in [9.17, 15) is 0 Å². The molecule has 3 fully saturated rings. The van der Waals surface area contributed by atoms with Crippen molar-refractivity contribution in [3.05, 3.63) is 41.5 Å². The normalized spacial score (nSPS) is 28.6. The van der Waals surface area contributed by atoms with Crippen LogP contribution in [0, 0.1) is 5.92 Å². The summed E-state index contributed by atoms with van der Waals surface area (Å²) in [6.07, 6.45) is 8.98. The number of hydrogen-bond donors (Lipinski definition) is 1. The van der Waals surface area contributed by atoms with Gasteiger partial charge in [-0.3, -0.25) is 0 Å². The predicted molar refractivity (Wildman–Crippen MR) is 103 cm³/mol. The van der Waals surface area contributed by atoms with E-state index in [0.717, 1.165) is 51.9 Å². The average Bonchev–Trinajstić information content (AvgIpc) is 3.29. The summed E-state index contributed by atoms with van der Waals surface area (Å²) in [4.78, 5) is 0. The number of rotatable bonds is 7. The predicted octanol–water partition coefficient (Wildman–Crippen LogP) is 3.77. The summed E-state index contributed by atoms with van der Waals surface area (Å²) in [7, 11) is 1.79. The summed E-state index contributed by atoms with van der Waals surface area (Å²) >= 11 is 0. The van der Waals surface area contributed by atoms with E-state index in [2.05, 4.69) is 41.7 Å². The molecule has 26 heavy (non-hydrogen) atoms. The van der Waals surface area contributed by atoms with Crippen LogP contribution in [0.4, 0.5) is 0 Å². The number of ether oxygens (including phenoxy) is 3. The molecule has 142 valence electrons. The van der Waals surface area contributed by atoms with Gasteiger partial charge >= 0.3 is 0 Å². The first kappa shape index (κ1) is 18.2. The fourth-order valence-electron chi connectivity index (χ4n) is 4.45. The summed E-state index contributed by atoms with van der Waals surface area (Å²) in [5.41, 5.74) is 2.81. The zero-order valence-electron chi connectivity index (χ0n) is 15.8. The summed E-state index contributed by atoms with van der Waals surface area (Å²) < 4.78 is 17.0. The molecule has 1 N–H and O–H groups in total. The molecule has 0 radical (unpaired) electrons. The van der Waals surface area contributed by atoms with Crippen LogP contribution in [0.1, 0.15) is 44.1 Å². The Bertz CT molecular complexity index is 599. The van der Waals surface area contributed by atoms with Crippen LogP contribution < -0.4 is 5.32 Å². The Kier molecular flexibility index (Phi) is 5.75. The maximum absolute atomic E-state index is 5.85. The van der Waals surface area contributed by atoms with Crippen molar-refractivity contribution in [2.24, 2.45) is 5.92 Å². The first-order chi connectivity index (χ1) is 12.8. The highest BCUT2D eigenvalue weighted by Gasteiger charge is 2.44. The van der Waals surface area contributed by atoms with Crippen molar-refractivity contribution >= 4 is 6.08 Å². The third-order valence-electron chi connectivity index (χ3n) is 6.02. The van der Waals surface area contributed by atoms with E-state index in [4.69, 9.17) is 14.2 Å². The zero-order chi connectivity index (χ0) is 17.8. The Morgan fingerprint density at radius 3 is 2.62 bits per heavy atom. The third kappa shape index (κ3) is 4.37. The van der Waals surface area contributed by atoms with Crippen molar-refractivity contribution in [1.82, 2.24) is 5.32 Å². The van der Waals surface area contributed by atoms with Gasteiger partial charge in [-0.05, 0) is 37.2 Å². The van der Waals surface area contributed by atoms with Crippen LogP contribution >= 0.6 is 0 Å². The fourth-order valence-corrected chi connectivity index (χ4v) is 4.45. The molecule has 4 rings (SSSR count). The van der Waals surface area contributed by atoms with Crippen LogP contribution in [0.2, 0.25) is 0 Å². The van der Waals surface area contributed by atoms with E-state index >= 15 is 0 Å². The van der Waals surface area contributed by atoms with Gasteiger partial charge in [-0.1, -0.05) is 42.0 Å². The SMILES string of the molecule is COCC/C(=C\c1ccccc1)[C@@H]1C[C@H]1NC1CCC2(CC1)OCCO2. The molecular formula is C22H31NO3. The summed E-state index contributed by atoms with van der Waals surface area (Å²) in [6.45, 7) is 2.31. The molecule has 0 unspecified atom stereocenters. The maximum Gasteiger partial charge on any atom is 0.168 e. The molecule has 1 saturated heterocycles. The third-order valence-corrected chi connectivity index (χ3v) is 6.02. The highest BCUT2D eigenvalue weighted by molar-refractivity contribution is 5.54. The summed E-state index contributed by atoms with van der Waals surface area (Å²) in [5.74, 6) is 0.401. The van der Waals surface area contributed by atoms with Crippen molar-refractivity contribution in [3.63, 3.8) is 0 Å². The molecule has 1 aliphatic heterocycles. The Balaban J connectivity index is 1.31. The minimum absolute atomic E-state index is 0.252. The van der Waals surface area contributed by atoms with E-state index in [-0.39, 0.29) is 5.79 Å². The highest BCUT2D eigenvalue weighted by Crippen LogP contribution is 2.42. The zero-order valence-corrected chi connectivity index (χ0v) is 15.8. The number of hydrogen-bond acceptors (Lipinski definition) is 4. The van der Waals surface area contributed by atoms with E-state index in [1.807, 2.05) is 0 Å². The van der Waals surface area contributed by atoms with Gasteiger partial charge in [-0.25, -0.2) is 0 Å². The standard InChI is InChI=1S/C22H31NO3/c1-24-12-9-18(15-17-5-3-2-4-6-17)20-16-21(20)23-19-7-10-22(11-8-19)25-13-14-26-22/h2-6,15,19-21,23H,7-14,16H2,1H3/b18-15+/t20-,21+/m0/s1. The Labute approximate surface area is 156 Å². The van der Waals surface area contributed by atoms with Gasteiger partial charge in [0.1, 0.15) is 0 Å². The van der Waals surface area contributed by atoms with Crippen molar-refractivity contribution < 1.29 is 14.2 Å². The van der Waals surface area contributed by atoms with Crippen LogP contribution in [-0.4, -0.2) is 44.8 Å². The molecule has 1 spiro atoms. The molecule has 0 bridgehead atoms. The van der Waals surface area contributed by atoms with Crippen LogP contribution in [0.5, 0.6) is 0 Å². The van der Waals surface area contributed by atoms with Crippen LogP contribution in [0.3, 0.4) is 0 Å². The van der Waals surface area contributed by atoms with Gasteiger partial charge in [-0.15, -0.1) is 0 Å². The second-order valence-corrected chi connectivity index (χ2v) is 7.87. The van der Waals surface area contributed by atoms with E-state index in [0.29, 0.717) is 18.0 Å². The van der Waals surface area contributed by atoms with Gasteiger partial charge in [0, 0.05) is 38.6 Å². The smallest absolute Gasteiger partial charge is 0.168 e. The molecule has 4 heteroatoms. The molecule has 4 nitrogen and oxygen atoms in total. The molecular weight excluding hydrogens is 326 g/mol. The molecule has 0 amide bonds. The lowest BCUT2D eigenvalue weighted by Crippen LogP contribution is -2.43. The van der Waals surface area contributed by atoms with Gasteiger partial charge < -0.3 is 19.5 Å². The maximum atomic E-state index is 5.85. The second kappa shape index (κ2) is 8.22. The van der Waals surface area contributed by atoms with E-state index in [1.165, 1.54) is 17.6 Å². The lowest BCUT2D eigenvalue weighted by molar-refractivity contribution is -0.179. The van der Waals surface area contributed by atoms with E-state index in [1.54, 1.807) is 7.11 Å². The minimum atomic E-state index is -0.252. The first-order valence-electron chi connectivity index (χ1n) is 10.1. The topological polar surface area (TPSA) is 39.7 Å². The molecule has 2 saturated carbocycles. The minimum Gasteiger partial charge on any atom is -0.384 e. The van der Waals surface area contributed by atoms with Crippen LogP contribution in [0.15, 0.2) is 35.9 Å². The number of methoxy groups -OCH3 is 1. The first-order valence-corrected chi connectivity index (χ1v) is 10.1. The Hall–Kier alpha value is -1.20. The van der Waals surface area contributed by atoms with Gasteiger partial charge in [0.05, 0.1) is 13.2 Å². The molecule has 1 heterocycles.